The number of sulfone groups is 1. The van der Waals surface area contributed by atoms with Crippen molar-refractivity contribution in [3.8, 4) is 23.0 Å². The maximum atomic E-state index is 11.5. The second-order valence-corrected chi connectivity index (χ2v) is 6.82. The number of hydrogen-bond acceptors (Lipinski definition) is 7. The van der Waals surface area contributed by atoms with Crippen LogP contribution in [0, 0.1) is 10.1 Å². The van der Waals surface area contributed by atoms with Crippen LogP contribution in [-0.4, -0.2) is 33.8 Å². The lowest BCUT2D eigenvalue weighted by molar-refractivity contribution is -0.385. The van der Waals surface area contributed by atoms with Gasteiger partial charge in [0.25, 0.3) is 0 Å². The van der Waals surface area contributed by atoms with E-state index in [1.165, 1.54) is 38.5 Å². The predicted octanol–water partition coefficient (Wildman–Crippen LogP) is 2.81. The van der Waals surface area contributed by atoms with Crippen LogP contribution >= 0.6 is 0 Å². The van der Waals surface area contributed by atoms with E-state index >= 15 is 0 Å². The van der Waals surface area contributed by atoms with Crippen LogP contribution < -0.4 is 14.2 Å². The summed E-state index contributed by atoms with van der Waals surface area (Å²) in [6, 6.07) is 8.11. The maximum Gasteiger partial charge on any atom is 0.312 e. The molecule has 0 bridgehead atoms. The molecule has 2 aromatic rings. The van der Waals surface area contributed by atoms with Crippen LogP contribution in [0.1, 0.15) is 0 Å². The second-order valence-electron chi connectivity index (χ2n) is 4.81. The number of rotatable bonds is 6. The molecule has 2 rings (SSSR count). The van der Waals surface area contributed by atoms with Gasteiger partial charge < -0.3 is 14.2 Å². The average Bonchev–Trinajstić information content (AvgIpc) is 2.53. The normalized spacial score (nSPS) is 11.0. The zero-order valence-electron chi connectivity index (χ0n) is 13.2. The van der Waals surface area contributed by atoms with Gasteiger partial charge in [-0.1, -0.05) is 0 Å². The summed E-state index contributed by atoms with van der Waals surface area (Å²) in [5, 5.41) is 11.2. The molecule has 0 aliphatic heterocycles. The molecule has 0 aromatic heterocycles. The summed E-state index contributed by atoms with van der Waals surface area (Å²) in [4.78, 5) is 10.3. The zero-order valence-corrected chi connectivity index (χ0v) is 14.0. The highest BCUT2D eigenvalue weighted by Gasteiger charge is 2.20. The van der Waals surface area contributed by atoms with Crippen LogP contribution in [-0.2, 0) is 9.84 Å². The van der Waals surface area contributed by atoms with Crippen molar-refractivity contribution >= 4 is 15.5 Å². The van der Waals surface area contributed by atoms with Gasteiger partial charge in [-0.05, 0) is 12.1 Å². The minimum absolute atomic E-state index is 0.0947. The van der Waals surface area contributed by atoms with Crippen molar-refractivity contribution in [3.05, 3.63) is 46.5 Å². The topological polar surface area (TPSA) is 105 Å². The van der Waals surface area contributed by atoms with E-state index < -0.39 is 20.4 Å². The molecule has 9 heteroatoms. The van der Waals surface area contributed by atoms with Crippen LogP contribution in [0.4, 0.5) is 5.69 Å². The van der Waals surface area contributed by atoms with Crippen molar-refractivity contribution in [2.75, 3.05) is 20.5 Å². The van der Waals surface area contributed by atoms with E-state index in [-0.39, 0.29) is 16.4 Å². The number of nitro benzene ring substituents is 1. The third kappa shape index (κ3) is 3.93. The summed E-state index contributed by atoms with van der Waals surface area (Å²) < 4.78 is 38.8. The van der Waals surface area contributed by atoms with Gasteiger partial charge in [-0.15, -0.1) is 0 Å². The number of nitrogens with zero attached hydrogens (tertiary/aromatic N) is 1. The molecule has 0 aliphatic rings. The first-order chi connectivity index (χ1) is 11.2. The first-order valence-electron chi connectivity index (χ1n) is 6.64. The molecule has 0 aliphatic carbocycles. The maximum absolute atomic E-state index is 11.5. The number of ether oxygens (including phenoxy) is 3. The molecule has 0 heterocycles. The zero-order chi connectivity index (χ0) is 17.9. The molecule has 0 amide bonds. The standard InChI is InChI=1S/C15H15NO7S/c1-21-10-6-11(22-2)8-12(7-10)23-15-5-4-13(24(3,19)20)9-14(15)16(17)18/h4-9H,1-3H3. The van der Waals surface area contributed by atoms with Crippen molar-refractivity contribution in [1.82, 2.24) is 0 Å². The van der Waals surface area contributed by atoms with Crippen molar-refractivity contribution in [2.24, 2.45) is 0 Å². The van der Waals surface area contributed by atoms with E-state index in [0.717, 1.165) is 12.3 Å². The number of benzene rings is 2. The lowest BCUT2D eigenvalue weighted by atomic mass is 10.2. The van der Waals surface area contributed by atoms with Crippen LogP contribution in [0.15, 0.2) is 41.3 Å². The van der Waals surface area contributed by atoms with E-state index in [2.05, 4.69) is 0 Å². The van der Waals surface area contributed by atoms with E-state index in [0.29, 0.717) is 11.5 Å². The van der Waals surface area contributed by atoms with Crippen LogP contribution in [0.5, 0.6) is 23.0 Å². The first kappa shape index (κ1) is 17.5. The molecule has 128 valence electrons. The molecule has 0 spiro atoms. The van der Waals surface area contributed by atoms with Gasteiger partial charge >= 0.3 is 5.69 Å². The van der Waals surface area contributed by atoms with Crippen molar-refractivity contribution < 1.29 is 27.6 Å². The fraction of sp³-hybridized carbons (Fsp3) is 0.200. The lowest BCUT2D eigenvalue weighted by Crippen LogP contribution is -2.00. The highest BCUT2D eigenvalue weighted by atomic mass is 32.2. The summed E-state index contributed by atoms with van der Waals surface area (Å²) in [7, 11) is -0.649. The Morgan fingerprint density at radius 3 is 1.96 bits per heavy atom. The van der Waals surface area contributed by atoms with Crippen LogP contribution in [0.25, 0.3) is 0 Å². The first-order valence-corrected chi connectivity index (χ1v) is 8.53. The van der Waals surface area contributed by atoms with Gasteiger partial charge in [-0.25, -0.2) is 8.42 Å². The fourth-order valence-electron chi connectivity index (χ4n) is 1.92. The summed E-state index contributed by atoms with van der Waals surface area (Å²) in [5.41, 5.74) is -0.459. The van der Waals surface area contributed by atoms with E-state index in [9.17, 15) is 18.5 Å². The van der Waals surface area contributed by atoms with E-state index in [1.807, 2.05) is 0 Å². The highest BCUT2D eigenvalue weighted by Crippen LogP contribution is 2.36. The number of methoxy groups -OCH3 is 2. The number of hydrogen-bond donors (Lipinski definition) is 0. The molecule has 2 aromatic carbocycles. The van der Waals surface area contributed by atoms with Gasteiger partial charge in [-0.3, -0.25) is 10.1 Å². The molecular weight excluding hydrogens is 338 g/mol. The Balaban J connectivity index is 2.48. The smallest absolute Gasteiger partial charge is 0.312 e. The Bertz CT molecular complexity index is 855. The monoisotopic (exact) mass is 353 g/mol. The van der Waals surface area contributed by atoms with E-state index in [4.69, 9.17) is 14.2 Å². The van der Waals surface area contributed by atoms with Crippen LogP contribution in [0.2, 0.25) is 0 Å². The predicted molar refractivity (Wildman–Crippen MR) is 85.8 cm³/mol. The van der Waals surface area contributed by atoms with Crippen molar-refractivity contribution in [2.45, 2.75) is 4.90 Å². The third-order valence-corrected chi connectivity index (χ3v) is 4.22. The minimum Gasteiger partial charge on any atom is -0.496 e. The fourth-order valence-corrected chi connectivity index (χ4v) is 2.56. The minimum atomic E-state index is -3.57. The Morgan fingerprint density at radius 2 is 1.50 bits per heavy atom. The molecule has 0 saturated heterocycles. The van der Waals surface area contributed by atoms with Crippen molar-refractivity contribution in [3.63, 3.8) is 0 Å². The van der Waals surface area contributed by atoms with Gasteiger partial charge in [0.15, 0.2) is 9.84 Å². The Hall–Kier alpha value is -2.81. The molecule has 0 atom stereocenters. The van der Waals surface area contributed by atoms with Gasteiger partial charge in [0, 0.05) is 30.5 Å². The van der Waals surface area contributed by atoms with Gasteiger partial charge in [0.05, 0.1) is 24.0 Å². The van der Waals surface area contributed by atoms with Gasteiger partial charge in [0.1, 0.15) is 17.2 Å². The molecule has 8 nitrogen and oxygen atoms in total. The molecule has 24 heavy (non-hydrogen) atoms. The van der Waals surface area contributed by atoms with Crippen LogP contribution in [0.3, 0.4) is 0 Å². The summed E-state index contributed by atoms with van der Waals surface area (Å²) >= 11 is 0. The molecule has 0 N–H and O–H groups in total. The highest BCUT2D eigenvalue weighted by molar-refractivity contribution is 7.90. The van der Waals surface area contributed by atoms with E-state index in [1.54, 1.807) is 6.07 Å². The van der Waals surface area contributed by atoms with Gasteiger partial charge in [-0.2, -0.15) is 0 Å². The second kappa shape index (κ2) is 6.75. The largest absolute Gasteiger partial charge is 0.496 e. The Labute approximate surface area is 138 Å². The quantitative estimate of drug-likeness (QED) is 0.581. The Morgan fingerprint density at radius 1 is 0.958 bits per heavy atom. The van der Waals surface area contributed by atoms with Crippen molar-refractivity contribution in [1.29, 1.82) is 0 Å². The molecule has 0 saturated carbocycles. The summed E-state index contributed by atoms with van der Waals surface area (Å²) in [5.74, 6) is 1.05. The molecular formula is C15H15NO7S. The molecule has 0 unspecified atom stereocenters. The van der Waals surface area contributed by atoms with Gasteiger partial charge in [0.2, 0.25) is 5.75 Å². The number of nitro groups is 1. The lowest BCUT2D eigenvalue weighted by Gasteiger charge is -2.10. The SMILES string of the molecule is COc1cc(OC)cc(Oc2ccc(S(C)(=O)=O)cc2[N+](=O)[O-])c1. The average molecular weight is 353 g/mol. The Kier molecular flexibility index (Phi) is 4.93. The summed E-state index contributed by atoms with van der Waals surface area (Å²) in [6.45, 7) is 0. The molecule has 0 fully saturated rings. The molecule has 0 radical (unpaired) electrons. The summed E-state index contributed by atoms with van der Waals surface area (Å²) in [6.07, 6.45) is 0.972. The third-order valence-electron chi connectivity index (χ3n) is 3.11.